The molecule has 3 N–H and O–H groups in total. The van der Waals surface area contributed by atoms with E-state index in [0.29, 0.717) is 5.69 Å². The van der Waals surface area contributed by atoms with Crippen LogP contribution in [0.15, 0.2) is 90.2 Å². The Labute approximate surface area is 241 Å². The summed E-state index contributed by atoms with van der Waals surface area (Å²) in [6.07, 6.45) is 12.2. The summed E-state index contributed by atoms with van der Waals surface area (Å²) < 4.78 is 34.3. The van der Waals surface area contributed by atoms with Crippen LogP contribution in [-0.4, -0.2) is 47.4 Å². The van der Waals surface area contributed by atoms with E-state index < -0.39 is 10.1 Å². The third-order valence-electron chi connectivity index (χ3n) is 6.26. The van der Waals surface area contributed by atoms with Crippen molar-refractivity contribution in [2.45, 2.75) is 49.8 Å². The SMILES string of the molecule is COCCCCCCCc1ccc(-c2cnc(N)c(C(=O)Cc3cccnc3)n2)cc1.O=S(=O)(O)c1ccccc1. The highest BCUT2D eigenvalue weighted by Crippen LogP contribution is 2.21. The number of hydrogen-bond donors (Lipinski definition) is 2. The Hall–Kier alpha value is -3.99. The summed E-state index contributed by atoms with van der Waals surface area (Å²) in [5, 5.41) is 0. The number of pyridine rings is 1. The Bertz CT molecular complexity index is 1470. The molecule has 4 rings (SSSR count). The van der Waals surface area contributed by atoms with Crippen molar-refractivity contribution < 1.29 is 22.5 Å². The molecule has 2 aromatic carbocycles. The molecule has 0 bridgehead atoms. The van der Waals surface area contributed by atoms with E-state index in [1.807, 2.05) is 18.2 Å². The molecule has 0 spiro atoms. The van der Waals surface area contributed by atoms with Crippen LogP contribution in [0.25, 0.3) is 11.3 Å². The van der Waals surface area contributed by atoms with E-state index in [4.69, 9.17) is 15.0 Å². The van der Waals surface area contributed by atoms with Gasteiger partial charge in [-0.15, -0.1) is 0 Å². The summed E-state index contributed by atoms with van der Waals surface area (Å²) in [5.74, 6) is -0.0123. The number of Topliss-reactive ketones (excluding diaryl/α,β-unsaturated/α-hetero) is 1. The predicted octanol–water partition coefficient (Wildman–Crippen LogP) is 5.62. The van der Waals surface area contributed by atoms with E-state index in [0.717, 1.165) is 30.6 Å². The van der Waals surface area contributed by atoms with Gasteiger partial charge in [-0.25, -0.2) is 9.97 Å². The van der Waals surface area contributed by atoms with Gasteiger partial charge in [0.2, 0.25) is 0 Å². The van der Waals surface area contributed by atoms with Gasteiger partial charge in [-0.2, -0.15) is 8.42 Å². The topological polar surface area (TPSA) is 145 Å². The highest BCUT2D eigenvalue weighted by molar-refractivity contribution is 7.85. The van der Waals surface area contributed by atoms with Crippen LogP contribution in [0.4, 0.5) is 5.82 Å². The Balaban J connectivity index is 0.000000389. The molecule has 216 valence electrons. The number of anilines is 1. The molecule has 0 saturated heterocycles. The summed E-state index contributed by atoms with van der Waals surface area (Å²) in [6, 6.07) is 19.4. The molecule has 0 aliphatic rings. The fraction of sp³-hybridized carbons (Fsp3) is 0.290. The van der Waals surface area contributed by atoms with Gasteiger partial charge in [0.25, 0.3) is 10.1 Å². The fourth-order valence-corrected chi connectivity index (χ4v) is 4.56. The Morgan fingerprint density at radius 2 is 1.59 bits per heavy atom. The van der Waals surface area contributed by atoms with Crippen LogP contribution in [-0.2, 0) is 27.7 Å². The van der Waals surface area contributed by atoms with Gasteiger partial charge in [0.15, 0.2) is 11.6 Å². The molecule has 2 aromatic heterocycles. The maximum Gasteiger partial charge on any atom is 0.294 e. The maximum atomic E-state index is 12.7. The molecule has 9 nitrogen and oxygen atoms in total. The number of carbonyl (C=O) groups is 1. The lowest BCUT2D eigenvalue weighted by molar-refractivity contribution is 0.0989. The standard InChI is InChI=1S/C25H30N4O2.C6H6O3S/c1-31-15-6-4-2-3-5-8-19-10-12-21(13-11-19)22-18-28-25(26)24(29-22)23(30)16-20-9-7-14-27-17-20;7-10(8,9)6-4-2-1-3-5-6/h7,9-14,17-18H,2-6,8,15-16H2,1H3,(H2,26,28);1-5H,(H,7,8,9). The number of nitrogen functional groups attached to an aromatic ring is 1. The lowest BCUT2D eigenvalue weighted by Gasteiger charge is -2.08. The number of hydrogen-bond acceptors (Lipinski definition) is 8. The molecule has 0 saturated carbocycles. The van der Waals surface area contributed by atoms with Crippen molar-refractivity contribution in [3.05, 3.63) is 102 Å². The number of aryl methyl sites for hydroxylation is 1. The predicted molar refractivity (Wildman–Crippen MR) is 159 cm³/mol. The van der Waals surface area contributed by atoms with Gasteiger partial charge in [-0.05, 0) is 48.6 Å². The second kappa shape index (κ2) is 16.3. The minimum Gasteiger partial charge on any atom is -0.385 e. The van der Waals surface area contributed by atoms with Crippen molar-refractivity contribution >= 4 is 21.7 Å². The van der Waals surface area contributed by atoms with Gasteiger partial charge in [0.05, 0.1) is 16.8 Å². The van der Waals surface area contributed by atoms with Crippen LogP contribution in [0.1, 0.15) is 53.7 Å². The Morgan fingerprint density at radius 1 is 0.878 bits per heavy atom. The number of aromatic nitrogens is 3. The van der Waals surface area contributed by atoms with Crippen molar-refractivity contribution in [3.63, 3.8) is 0 Å². The van der Waals surface area contributed by atoms with E-state index in [1.54, 1.807) is 50.0 Å². The van der Waals surface area contributed by atoms with Gasteiger partial charge in [0, 0.05) is 38.1 Å². The van der Waals surface area contributed by atoms with E-state index in [2.05, 4.69) is 27.1 Å². The molecule has 0 atom stereocenters. The Morgan fingerprint density at radius 3 is 2.22 bits per heavy atom. The van der Waals surface area contributed by atoms with Crippen LogP contribution in [0.2, 0.25) is 0 Å². The summed E-state index contributed by atoms with van der Waals surface area (Å²) in [4.78, 5) is 25.4. The number of methoxy groups -OCH3 is 1. The van der Waals surface area contributed by atoms with E-state index >= 15 is 0 Å². The zero-order valence-corrected chi connectivity index (χ0v) is 24.0. The molecule has 41 heavy (non-hydrogen) atoms. The summed E-state index contributed by atoms with van der Waals surface area (Å²) >= 11 is 0. The van der Waals surface area contributed by atoms with Gasteiger partial charge >= 0.3 is 0 Å². The average Bonchev–Trinajstić information content (AvgIpc) is 2.98. The summed E-state index contributed by atoms with van der Waals surface area (Å²) in [5.41, 5.74) is 9.84. The second-order valence-electron chi connectivity index (χ2n) is 9.45. The molecule has 0 aliphatic heterocycles. The van der Waals surface area contributed by atoms with E-state index in [-0.39, 0.29) is 28.6 Å². The molecular formula is C31H36N4O5S. The zero-order valence-electron chi connectivity index (χ0n) is 23.1. The molecule has 0 amide bonds. The summed E-state index contributed by atoms with van der Waals surface area (Å²) in [7, 11) is -2.25. The van der Waals surface area contributed by atoms with Crippen molar-refractivity contribution in [2.24, 2.45) is 0 Å². The summed E-state index contributed by atoms with van der Waals surface area (Å²) in [6.45, 7) is 0.853. The normalized spacial score (nSPS) is 11.0. The largest absolute Gasteiger partial charge is 0.385 e. The number of benzene rings is 2. The first kappa shape index (κ1) is 31.5. The number of rotatable bonds is 13. The zero-order chi connectivity index (χ0) is 29.5. The molecule has 2 heterocycles. The third-order valence-corrected chi connectivity index (χ3v) is 7.12. The Kier molecular flexibility index (Phi) is 12.6. The first-order valence-corrected chi connectivity index (χ1v) is 14.9. The number of carbonyl (C=O) groups excluding carboxylic acids is 1. The quantitative estimate of drug-likeness (QED) is 0.118. The number of nitrogens with two attached hydrogens (primary N) is 1. The number of nitrogens with zero attached hydrogens (tertiary/aromatic N) is 3. The molecule has 10 heteroatoms. The number of ether oxygens (including phenoxy) is 1. The lowest BCUT2D eigenvalue weighted by atomic mass is 10.0. The number of ketones is 1. The van der Waals surface area contributed by atoms with Gasteiger partial charge < -0.3 is 10.5 Å². The van der Waals surface area contributed by atoms with Crippen molar-refractivity contribution in [1.82, 2.24) is 15.0 Å². The highest BCUT2D eigenvalue weighted by Gasteiger charge is 2.15. The first-order valence-electron chi connectivity index (χ1n) is 13.4. The van der Waals surface area contributed by atoms with E-state index in [1.165, 1.54) is 43.4 Å². The first-order chi connectivity index (χ1) is 19.8. The van der Waals surface area contributed by atoms with E-state index in [9.17, 15) is 13.2 Å². The van der Waals surface area contributed by atoms with Crippen LogP contribution < -0.4 is 5.73 Å². The van der Waals surface area contributed by atoms with Gasteiger partial charge in [0.1, 0.15) is 5.69 Å². The van der Waals surface area contributed by atoms with Crippen molar-refractivity contribution in [2.75, 3.05) is 19.5 Å². The molecular weight excluding hydrogens is 540 g/mol. The second-order valence-corrected chi connectivity index (χ2v) is 10.9. The lowest BCUT2D eigenvalue weighted by Crippen LogP contribution is -2.11. The average molecular weight is 577 g/mol. The third kappa shape index (κ3) is 10.8. The monoisotopic (exact) mass is 576 g/mol. The molecule has 0 radical (unpaired) electrons. The highest BCUT2D eigenvalue weighted by atomic mass is 32.2. The van der Waals surface area contributed by atoms with Crippen LogP contribution >= 0.6 is 0 Å². The van der Waals surface area contributed by atoms with Crippen LogP contribution in [0.5, 0.6) is 0 Å². The minimum atomic E-state index is -4.00. The van der Waals surface area contributed by atoms with Crippen molar-refractivity contribution in [3.8, 4) is 11.3 Å². The van der Waals surface area contributed by atoms with Crippen LogP contribution in [0, 0.1) is 0 Å². The van der Waals surface area contributed by atoms with Gasteiger partial charge in [-0.3, -0.25) is 14.3 Å². The van der Waals surface area contributed by atoms with Crippen molar-refractivity contribution in [1.29, 1.82) is 0 Å². The van der Waals surface area contributed by atoms with Gasteiger partial charge in [-0.1, -0.05) is 67.8 Å². The number of unbranched alkanes of at least 4 members (excludes halogenated alkanes) is 4. The smallest absolute Gasteiger partial charge is 0.294 e. The molecule has 0 unspecified atom stereocenters. The molecule has 0 fully saturated rings. The fourth-order valence-electron chi connectivity index (χ4n) is 4.06. The maximum absolute atomic E-state index is 12.7. The molecule has 4 aromatic rings. The minimum absolute atomic E-state index is 0.0741. The van der Waals surface area contributed by atoms with Crippen LogP contribution in [0.3, 0.4) is 0 Å². The molecule has 0 aliphatic carbocycles.